The highest BCUT2D eigenvalue weighted by molar-refractivity contribution is 5.84. The highest BCUT2D eigenvalue weighted by Gasteiger charge is 1.99. The number of unbranched alkanes of at least 4 members (excludes halogenated alkanes) is 1. The molecule has 2 aromatic rings. The lowest BCUT2D eigenvalue weighted by Gasteiger charge is -2.07. The Hall–Kier alpha value is -1.85. The third-order valence-corrected chi connectivity index (χ3v) is 2.76. The molecule has 0 unspecified atom stereocenters. The molecule has 86 valence electrons. The smallest absolute Gasteiger partial charge is 0.0346 e. The highest BCUT2D eigenvalue weighted by Crippen LogP contribution is 2.16. The summed E-state index contributed by atoms with van der Waals surface area (Å²) in [6.07, 6.45) is 10.8. The van der Waals surface area contributed by atoms with Crippen molar-refractivity contribution in [1.82, 2.24) is 10.3 Å². The van der Waals surface area contributed by atoms with Gasteiger partial charge in [0.25, 0.3) is 0 Å². The van der Waals surface area contributed by atoms with E-state index in [1.165, 1.54) is 16.3 Å². The van der Waals surface area contributed by atoms with Crippen molar-refractivity contribution in [1.29, 1.82) is 0 Å². The number of aromatic nitrogens is 1. The molecule has 0 amide bonds. The maximum absolute atomic E-state index is 5.21. The molecule has 0 saturated heterocycles. The summed E-state index contributed by atoms with van der Waals surface area (Å²) in [4.78, 5) is 4.13. The van der Waals surface area contributed by atoms with E-state index in [-0.39, 0.29) is 0 Å². The average Bonchev–Trinajstić information content (AvgIpc) is 2.39. The molecule has 17 heavy (non-hydrogen) atoms. The van der Waals surface area contributed by atoms with E-state index in [0.29, 0.717) is 0 Å². The molecule has 2 nitrogen and oxygen atoms in total. The third-order valence-electron chi connectivity index (χ3n) is 2.76. The van der Waals surface area contributed by atoms with E-state index in [4.69, 9.17) is 6.42 Å². The fourth-order valence-corrected chi connectivity index (χ4v) is 1.88. The number of rotatable bonds is 5. The summed E-state index contributed by atoms with van der Waals surface area (Å²) in [7, 11) is 0. The summed E-state index contributed by atoms with van der Waals surface area (Å²) >= 11 is 0. The minimum absolute atomic E-state index is 0.840. The van der Waals surface area contributed by atoms with Crippen LogP contribution in [0.1, 0.15) is 18.4 Å². The van der Waals surface area contributed by atoms with Gasteiger partial charge in [-0.15, -0.1) is 12.3 Å². The van der Waals surface area contributed by atoms with Crippen molar-refractivity contribution in [2.24, 2.45) is 0 Å². The van der Waals surface area contributed by atoms with E-state index in [2.05, 4.69) is 40.5 Å². The summed E-state index contributed by atoms with van der Waals surface area (Å²) in [6.45, 7) is 1.84. The first-order chi connectivity index (χ1) is 8.42. The predicted octanol–water partition coefficient (Wildman–Crippen LogP) is 2.74. The topological polar surface area (TPSA) is 24.9 Å². The average molecular weight is 224 g/mol. The Morgan fingerprint density at radius 3 is 3.12 bits per heavy atom. The number of pyridine rings is 1. The number of nitrogens with zero attached hydrogens (tertiary/aromatic N) is 1. The summed E-state index contributed by atoms with van der Waals surface area (Å²) in [5.74, 6) is 2.65. The Labute approximate surface area is 102 Å². The molecule has 2 rings (SSSR count). The molecule has 0 aliphatic heterocycles. The molecular weight excluding hydrogens is 208 g/mol. The van der Waals surface area contributed by atoms with Gasteiger partial charge in [-0.1, -0.05) is 18.2 Å². The molecule has 0 spiro atoms. The van der Waals surface area contributed by atoms with Crippen LogP contribution in [0.25, 0.3) is 10.8 Å². The van der Waals surface area contributed by atoms with E-state index < -0.39 is 0 Å². The standard InChI is InChI=1S/C15H16N2/c1-2-3-4-9-16-11-13-6-5-7-14-12-17-10-8-15(13)14/h1,5-8,10,12,16H,3-4,9,11H2. The number of hydrogen-bond donors (Lipinski definition) is 1. The maximum atomic E-state index is 5.21. The number of terminal acetylenes is 1. The molecule has 0 bridgehead atoms. The zero-order valence-electron chi connectivity index (χ0n) is 9.82. The Kier molecular flexibility index (Phi) is 4.12. The van der Waals surface area contributed by atoms with Crippen molar-refractivity contribution in [2.75, 3.05) is 6.54 Å². The molecule has 0 aliphatic rings. The Balaban J connectivity index is 2.01. The van der Waals surface area contributed by atoms with Crippen LogP contribution in [0, 0.1) is 12.3 Å². The fourth-order valence-electron chi connectivity index (χ4n) is 1.88. The van der Waals surface area contributed by atoms with E-state index in [1.807, 2.05) is 12.4 Å². The molecule has 1 heterocycles. The van der Waals surface area contributed by atoms with Gasteiger partial charge >= 0.3 is 0 Å². The number of nitrogens with one attached hydrogen (secondary N) is 1. The summed E-state index contributed by atoms with van der Waals surface area (Å²) in [6, 6.07) is 8.37. The first kappa shape index (κ1) is 11.6. The van der Waals surface area contributed by atoms with Crippen molar-refractivity contribution >= 4 is 10.8 Å². The van der Waals surface area contributed by atoms with Gasteiger partial charge in [0.05, 0.1) is 0 Å². The van der Waals surface area contributed by atoms with Crippen molar-refractivity contribution in [3.05, 3.63) is 42.2 Å². The molecule has 1 aromatic carbocycles. The molecule has 2 heteroatoms. The van der Waals surface area contributed by atoms with Crippen LogP contribution in [0.2, 0.25) is 0 Å². The van der Waals surface area contributed by atoms with Crippen LogP contribution in [-0.4, -0.2) is 11.5 Å². The normalized spacial score (nSPS) is 10.3. The molecule has 0 atom stereocenters. The minimum atomic E-state index is 0.840. The van der Waals surface area contributed by atoms with E-state index in [9.17, 15) is 0 Å². The second-order valence-electron chi connectivity index (χ2n) is 4.00. The van der Waals surface area contributed by atoms with E-state index >= 15 is 0 Å². The Morgan fingerprint density at radius 2 is 2.24 bits per heavy atom. The SMILES string of the molecule is C#CCCCNCc1cccc2cnccc12. The summed E-state index contributed by atoms with van der Waals surface area (Å²) < 4.78 is 0. The van der Waals surface area contributed by atoms with Crippen LogP contribution in [0.5, 0.6) is 0 Å². The van der Waals surface area contributed by atoms with Crippen LogP contribution in [0.4, 0.5) is 0 Å². The zero-order chi connectivity index (χ0) is 11.9. The van der Waals surface area contributed by atoms with Gasteiger partial charge in [-0.05, 0) is 30.0 Å². The van der Waals surface area contributed by atoms with Gasteiger partial charge < -0.3 is 5.32 Å². The maximum Gasteiger partial charge on any atom is 0.0346 e. The number of benzene rings is 1. The van der Waals surface area contributed by atoms with Crippen molar-refractivity contribution in [3.8, 4) is 12.3 Å². The van der Waals surface area contributed by atoms with E-state index in [1.54, 1.807) is 0 Å². The molecular formula is C15H16N2. The quantitative estimate of drug-likeness (QED) is 0.624. The van der Waals surface area contributed by atoms with Gasteiger partial charge in [0.15, 0.2) is 0 Å². The van der Waals surface area contributed by atoms with Gasteiger partial charge in [0, 0.05) is 30.7 Å². The van der Waals surface area contributed by atoms with Gasteiger partial charge in [-0.2, -0.15) is 0 Å². The molecule has 0 radical (unpaired) electrons. The largest absolute Gasteiger partial charge is 0.313 e. The summed E-state index contributed by atoms with van der Waals surface area (Å²) in [5.41, 5.74) is 1.31. The van der Waals surface area contributed by atoms with Crippen LogP contribution >= 0.6 is 0 Å². The molecule has 0 aliphatic carbocycles. The molecule has 0 saturated carbocycles. The lowest BCUT2D eigenvalue weighted by atomic mass is 10.1. The van der Waals surface area contributed by atoms with Crippen molar-refractivity contribution in [2.45, 2.75) is 19.4 Å². The van der Waals surface area contributed by atoms with Crippen molar-refractivity contribution in [3.63, 3.8) is 0 Å². The van der Waals surface area contributed by atoms with Crippen LogP contribution in [0.15, 0.2) is 36.7 Å². The monoisotopic (exact) mass is 224 g/mol. The molecule has 1 aromatic heterocycles. The first-order valence-corrected chi connectivity index (χ1v) is 5.87. The van der Waals surface area contributed by atoms with Gasteiger partial charge in [-0.25, -0.2) is 0 Å². The third kappa shape index (κ3) is 3.05. The highest BCUT2D eigenvalue weighted by atomic mass is 14.8. The first-order valence-electron chi connectivity index (χ1n) is 5.87. The van der Waals surface area contributed by atoms with Crippen LogP contribution in [-0.2, 0) is 6.54 Å². The zero-order valence-corrected chi connectivity index (χ0v) is 9.82. The Bertz CT molecular complexity index is 520. The van der Waals surface area contributed by atoms with Crippen molar-refractivity contribution < 1.29 is 0 Å². The van der Waals surface area contributed by atoms with Gasteiger partial charge in [0.1, 0.15) is 0 Å². The second-order valence-corrected chi connectivity index (χ2v) is 4.00. The minimum Gasteiger partial charge on any atom is -0.313 e. The lowest BCUT2D eigenvalue weighted by molar-refractivity contribution is 0.661. The Morgan fingerprint density at radius 1 is 1.29 bits per heavy atom. The van der Waals surface area contributed by atoms with E-state index in [0.717, 1.165) is 25.9 Å². The fraction of sp³-hybridized carbons (Fsp3) is 0.267. The lowest BCUT2D eigenvalue weighted by Crippen LogP contribution is -2.14. The molecule has 1 N–H and O–H groups in total. The van der Waals surface area contributed by atoms with Crippen LogP contribution in [0.3, 0.4) is 0 Å². The predicted molar refractivity (Wildman–Crippen MR) is 71.5 cm³/mol. The van der Waals surface area contributed by atoms with Gasteiger partial charge in [-0.3, -0.25) is 4.98 Å². The second kappa shape index (κ2) is 6.03. The van der Waals surface area contributed by atoms with Crippen LogP contribution < -0.4 is 5.32 Å². The summed E-state index contributed by atoms with van der Waals surface area (Å²) in [5, 5.41) is 5.87. The van der Waals surface area contributed by atoms with Gasteiger partial charge in [0.2, 0.25) is 0 Å². The number of hydrogen-bond acceptors (Lipinski definition) is 2. The number of fused-ring (bicyclic) bond motifs is 1. The molecule has 0 fully saturated rings.